The summed E-state index contributed by atoms with van der Waals surface area (Å²) in [4.78, 5) is 37.7. The first-order valence-corrected chi connectivity index (χ1v) is 23.9. The fourth-order valence-corrected chi connectivity index (χ4v) is 6.41. The molecule has 58 heavy (non-hydrogen) atoms. The number of allylic oxidation sites excluding steroid dienone is 12. The molecule has 0 heterocycles. The number of ether oxygens (including phenoxy) is 3. The van der Waals surface area contributed by atoms with Crippen molar-refractivity contribution in [2.24, 2.45) is 0 Å². The molecule has 1 atom stereocenters. The van der Waals surface area contributed by atoms with Gasteiger partial charge in [0.1, 0.15) is 13.2 Å². The summed E-state index contributed by atoms with van der Waals surface area (Å²) in [5.41, 5.74) is 0. The number of hydrogen-bond donors (Lipinski definition) is 0. The third-order valence-corrected chi connectivity index (χ3v) is 9.99. The molecule has 0 aliphatic rings. The number of esters is 3. The van der Waals surface area contributed by atoms with Crippen LogP contribution >= 0.6 is 0 Å². The highest BCUT2D eigenvalue weighted by atomic mass is 16.6. The molecule has 0 aliphatic carbocycles. The lowest BCUT2D eigenvalue weighted by molar-refractivity contribution is -0.166. The number of carbonyl (C=O) groups is 3. The van der Waals surface area contributed by atoms with E-state index in [2.05, 4.69) is 87.6 Å². The molecule has 0 radical (unpaired) electrons. The molecule has 332 valence electrons. The Kier molecular flexibility index (Phi) is 44.0. The zero-order valence-corrected chi connectivity index (χ0v) is 37.8. The molecule has 0 aromatic carbocycles. The average molecular weight is 809 g/mol. The Morgan fingerprint density at radius 3 is 1.05 bits per heavy atom. The Labute approximate surface area is 357 Å². The second-order valence-electron chi connectivity index (χ2n) is 15.6. The third-order valence-electron chi connectivity index (χ3n) is 9.99. The van der Waals surface area contributed by atoms with Crippen LogP contribution in [0.1, 0.15) is 220 Å². The Morgan fingerprint density at radius 1 is 0.362 bits per heavy atom. The van der Waals surface area contributed by atoms with Crippen LogP contribution in [-0.2, 0) is 28.6 Å². The van der Waals surface area contributed by atoms with Gasteiger partial charge in [0, 0.05) is 19.3 Å². The molecule has 0 fully saturated rings. The molecule has 0 amide bonds. The van der Waals surface area contributed by atoms with Crippen molar-refractivity contribution in [3.05, 3.63) is 72.9 Å². The SMILES string of the molecule is CC/C=C\C/C=C\C/C=C\C/C=C\C/C=C\C/C=C\CCC(=O)OC[C@@H](COC(=O)CCCCCCCCCCC)OC(=O)CCCCCCCCCCCCCC. The van der Waals surface area contributed by atoms with E-state index < -0.39 is 6.10 Å². The Bertz CT molecular complexity index is 1110. The summed E-state index contributed by atoms with van der Waals surface area (Å²) in [5, 5.41) is 0. The van der Waals surface area contributed by atoms with Gasteiger partial charge in [-0.05, 0) is 57.8 Å². The maximum Gasteiger partial charge on any atom is 0.306 e. The van der Waals surface area contributed by atoms with E-state index in [1.54, 1.807) is 0 Å². The topological polar surface area (TPSA) is 78.9 Å². The first-order valence-electron chi connectivity index (χ1n) is 23.9. The average Bonchev–Trinajstić information content (AvgIpc) is 3.22. The summed E-state index contributed by atoms with van der Waals surface area (Å²) in [6.45, 7) is 6.42. The predicted octanol–water partition coefficient (Wildman–Crippen LogP) is 15.5. The molecule has 0 N–H and O–H groups in total. The Balaban J connectivity index is 4.45. The molecule has 6 nitrogen and oxygen atoms in total. The van der Waals surface area contributed by atoms with Crippen LogP contribution in [0.4, 0.5) is 0 Å². The molecule has 0 bridgehead atoms. The standard InChI is InChI=1S/C52H88O6/c1-4-7-10-13-16-19-21-23-24-25-26-27-28-29-31-33-36-39-42-45-51(54)57-48-49(47-56-50(53)44-41-38-35-32-18-15-12-9-6-3)58-52(55)46-43-40-37-34-30-22-20-17-14-11-8-5-2/h7,10,16,19,23-24,26-27,29,31,36,39,49H,4-6,8-9,11-15,17-18,20-22,25,28,30,32-35,37-38,40-48H2,1-3H3/b10-7-,19-16-,24-23-,27-26-,31-29-,39-36-/t49-/m1/s1. The summed E-state index contributed by atoms with van der Waals surface area (Å²) in [6.07, 6.45) is 57.5. The van der Waals surface area contributed by atoms with Crippen molar-refractivity contribution < 1.29 is 28.6 Å². The zero-order chi connectivity index (χ0) is 42.3. The minimum absolute atomic E-state index is 0.0964. The van der Waals surface area contributed by atoms with E-state index in [4.69, 9.17) is 14.2 Å². The molecule has 0 saturated heterocycles. The van der Waals surface area contributed by atoms with Gasteiger partial charge in [-0.25, -0.2) is 0 Å². The van der Waals surface area contributed by atoms with Gasteiger partial charge in [0.15, 0.2) is 6.10 Å². The van der Waals surface area contributed by atoms with Crippen molar-refractivity contribution in [2.45, 2.75) is 226 Å². The van der Waals surface area contributed by atoms with Crippen molar-refractivity contribution in [1.29, 1.82) is 0 Å². The first-order chi connectivity index (χ1) is 28.5. The number of carbonyl (C=O) groups excluding carboxylic acids is 3. The molecular formula is C52H88O6. The van der Waals surface area contributed by atoms with Crippen LogP contribution in [-0.4, -0.2) is 37.2 Å². The maximum atomic E-state index is 12.7. The van der Waals surface area contributed by atoms with Crippen molar-refractivity contribution >= 4 is 17.9 Å². The van der Waals surface area contributed by atoms with Crippen molar-refractivity contribution in [3.8, 4) is 0 Å². The van der Waals surface area contributed by atoms with Crippen LogP contribution in [0.15, 0.2) is 72.9 Å². The molecule has 0 aliphatic heterocycles. The van der Waals surface area contributed by atoms with Gasteiger partial charge in [0.25, 0.3) is 0 Å². The second-order valence-corrected chi connectivity index (χ2v) is 15.6. The zero-order valence-electron chi connectivity index (χ0n) is 37.8. The van der Waals surface area contributed by atoms with E-state index in [1.165, 1.54) is 96.3 Å². The lowest BCUT2D eigenvalue weighted by Gasteiger charge is -2.18. The normalized spacial score (nSPS) is 12.7. The molecule has 0 rings (SSSR count). The second kappa shape index (κ2) is 46.5. The quantitative estimate of drug-likeness (QED) is 0.0264. The Hall–Kier alpha value is -3.15. The third kappa shape index (κ3) is 44.0. The summed E-state index contributed by atoms with van der Waals surface area (Å²) >= 11 is 0. The largest absolute Gasteiger partial charge is 0.462 e. The smallest absolute Gasteiger partial charge is 0.306 e. The van der Waals surface area contributed by atoms with E-state index in [-0.39, 0.29) is 37.5 Å². The highest BCUT2D eigenvalue weighted by Crippen LogP contribution is 2.14. The van der Waals surface area contributed by atoms with Gasteiger partial charge in [0.2, 0.25) is 0 Å². The number of hydrogen-bond acceptors (Lipinski definition) is 6. The van der Waals surface area contributed by atoms with Gasteiger partial charge in [-0.15, -0.1) is 0 Å². The molecule has 0 unspecified atom stereocenters. The van der Waals surface area contributed by atoms with Crippen molar-refractivity contribution in [1.82, 2.24) is 0 Å². The summed E-state index contributed by atoms with van der Waals surface area (Å²) in [5.74, 6) is -0.988. The van der Waals surface area contributed by atoms with Gasteiger partial charge in [-0.1, -0.05) is 216 Å². The lowest BCUT2D eigenvalue weighted by atomic mass is 10.0. The van der Waals surface area contributed by atoms with E-state index in [1.807, 2.05) is 6.08 Å². The van der Waals surface area contributed by atoms with Crippen LogP contribution in [0, 0.1) is 0 Å². The summed E-state index contributed by atoms with van der Waals surface area (Å²) in [6, 6.07) is 0. The molecular weight excluding hydrogens is 721 g/mol. The summed E-state index contributed by atoms with van der Waals surface area (Å²) < 4.78 is 16.6. The van der Waals surface area contributed by atoms with Crippen molar-refractivity contribution in [2.75, 3.05) is 13.2 Å². The fourth-order valence-electron chi connectivity index (χ4n) is 6.41. The molecule has 0 saturated carbocycles. The first kappa shape index (κ1) is 54.9. The monoisotopic (exact) mass is 809 g/mol. The van der Waals surface area contributed by atoms with Crippen LogP contribution in [0.2, 0.25) is 0 Å². The molecule has 0 spiro atoms. The van der Waals surface area contributed by atoms with E-state index in [9.17, 15) is 14.4 Å². The number of rotatable bonds is 42. The summed E-state index contributed by atoms with van der Waals surface area (Å²) in [7, 11) is 0. The molecule has 6 heteroatoms. The van der Waals surface area contributed by atoms with Gasteiger partial charge in [-0.3, -0.25) is 14.4 Å². The Morgan fingerprint density at radius 2 is 0.672 bits per heavy atom. The van der Waals surface area contributed by atoms with Crippen LogP contribution in [0.5, 0.6) is 0 Å². The van der Waals surface area contributed by atoms with E-state index in [0.717, 1.165) is 77.0 Å². The predicted molar refractivity (Wildman–Crippen MR) is 247 cm³/mol. The lowest BCUT2D eigenvalue weighted by Crippen LogP contribution is -2.30. The minimum atomic E-state index is -0.799. The number of unbranched alkanes of at least 4 members (excludes halogenated alkanes) is 19. The highest BCUT2D eigenvalue weighted by Gasteiger charge is 2.19. The van der Waals surface area contributed by atoms with Crippen LogP contribution < -0.4 is 0 Å². The van der Waals surface area contributed by atoms with Crippen LogP contribution in [0.25, 0.3) is 0 Å². The van der Waals surface area contributed by atoms with Gasteiger partial charge >= 0.3 is 17.9 Å². The maximum absolute atomic E-state index is 12.7. The van der Waals surface area contributed by atoms with Crippen LogP contribution in [0.3, 0.4) is 0 Å². The minimum Gasteiger partial charge on any atom is -0.462 e. The van der Waals surface area contributed by atoms with Crippen molar-refractivity contribution in [3.63, 3.8) is 0 Å². The molecule has 0 aromatic heterocycles. The van der Waals surface area contributed by atoms with E-state index >= 15 is 0 Å². The van der Waals surface area contributed by atoms with Gasteiger partial charge < -0.3 is 14.2 Å². The molecule has 0 aromatic rings. The highest BCUT2D eigenvalue weighted by molar-refractivity contribution is 5.71. The van der Waals surface area contributed by atoms with Gasteiger partial charge in [-0.2, -0.15) is 0 Å². The van der Waals surface area contributed by atoms with E-state index in [0.29, 0.717) is 19.3 Å². The fraction of sp³-hybridized carbons (Fsp3) is 0.712. The van der Waals surface area contributed by atoms with Gasteiger partial charge in [0.05, 0.1) is 0 Å².